The van der Waals surface area contributed by atoms with Crippen molar-refractivity contribution in [3.8, 4) is 0 Å². The molecule has 1 saturated heterocycles. The average Bonchev–Trinajstić information content (AvgIpc) is 2.19. The number of carboxylic acids is 1. The number of halogens is 2. The molecule has 5 heteroatoms. The molecule has 0 amide bonds. The lowest BCUT2D eigenvalue weighted by Crippen LogP contribution is -2.46. The maximum Gasteiger partial charge on any atom is 0.303 e. The zero-order valence-corrected chi connectivity index (χ0v) is 10.7. The average molecular weight is 274 g/mol. The van der Waals surface area contributed by atoms with Crippen molar-refractivity contribution in [2.24, 2.45) is 5.92 Å². The summed E-state index contributed by atoms with van der Waals surface area (Å²) in [4.78, 5) is 12.7. The predicted molar refractivity (Wildman–Crippen MR) is 67.5 cm³/mol. The molecule has 0 radical (unpaired) electrons. The van der Waals surface area contributed by atoms with Gasteiger partial charge in [0.05, 0.1) is 6.42 Å². The van der Waals surface area contributed by atoms with Crippen molar-refractivity contribution in [2.45, 2.75) is 13.0 Å². The first-order chi connectivity index (χ1) is 8.04. The van der Waals surface area contributed by atoms with Crippen LogP contribution < -0.4 is 0 Å². The first-order valence-electron chi connectivity index (χ1n) is 5.42. The molecule has 17 heavy (non-hydrogen) atoms. The van der Waals surface area contributed by atoms with Gasteiger partial charge in [0.25, 0.3) is 0 Å². The summed E-state index contributed by atoms with van der Waals surface area (Å²) in [6.45, 7) is 2.36. The number of carbonyl (C=O) groups is 1. The van der Waals surface area contributed by atoms with Crippen LogP contribution in [-0.2, 0) is 11.3 Å². The molecule has 0 saturated carbocycles. The summed E-state index contributed by atoms with van der Waals surface area (Å²) in [6.07, 6.45) is 0.250. The number of benzene rings is 1. The van der Waals surface area contributed by atoms with E-state index in [1.807, 2.05) is 6.07 Å². The first-order valence-corrected chi connectivity index (χ1v) is 6.18. The van der Waals surface area contributed by atoms with Gasteiger partial charge in [-0.05, 0) is 29.7 Å². The van der Waals surface area contributed by atoms with Gasteiger partial charge in [0.2, 0.25) is 0 Å². The Morgan fingerprint density at radius 1 is 1.41 bits per heavy atom. The highest BCUT2D eigenvalue weighted by molar-refractivity contribution is 6.33. The molecular weight excluding hydrogens is 261 g/mol. The molecule has 0 aromatic heterocycles. The van der Waals surface area contributed by atoms with Crippen LogP contribution in [0.25, 0.3) is 0 Å². The molecule has 3 nitrogen and oxygen atoms in total. The topological polar surface area (TPSA) is 40.5 Å². The molecule has 0 bridgehead atoms. The summed E-state index contributed by atoms with van der Waals surface area (Å²) in [7, 11) is 0. The number of hydrogen-bond donors (Lipinski definition) is 1. The van der Waals surface area contributed by atoms with Crippen molar-refractivity contribution in [3.05, 3.63) is 33.8 Å². The second-order valence-electron chi connectivity index (χ2n) is 4.39. The van der Waals surface area contributed by atoms with Crippen LogP contribution in [0.4, 0.5) is 0 Å². The molecule has 1 aromatic carbocycles. The quantitative estimate of drug-likeness (QED) is 0.917. The van der Waals surface area contributed by atoms with Gasteiger partial charge in [0.15, 0.2) is 0 Å². The molecule has 1 N–H and O–H groups in total. The summed E-state index contributed by atoms with van der Waals surface area (Å²) >= 11 is 12.0. The van der Waals surface area contributed by atoms with E-state index in [1.54, 1.807) is 12.1 Å². The maximum absolute atomic E-state index is 10.5. The zero-order chi connectivity index (χ0) is 12.4. The Kier molecular flexibility index (Phi) is 3.92. The SMILES string of the molecule is O=C(O)CC1CN(Cc2cc(Cl)ccc2Cl)C1. The summed E-state index contributed by atoms with van der Waals surface area (Å²) < 4.78 is 0. The summed E-state index contributed by atoms with van der Waals surface area (Å²) in [5.41, 5.74) is 0.993. The molecular formula is C12H13Cl2NO2. The highest BCUT2D eigenvalue weighted by Gasteiger charge is 2.28. The van der Waals surface area contributed by atoms with Crippen LogP contribution >= 0.6 is 23.2 Å². The van der Waals surface area contributed by atoms with Gasteiger partial charge in [-0.1, -0.05) is 23.2 Å². The second-order valence-corrected chi connectivity index (χ2v) is 5.24. The van der Waals surface area contributed by atoms with E-state index in [1.165, 1.54) is 0 Å². The summed E-state index contributed by atoms with van der Waals surface area (Å²) in [6, 6.07) is 5.40. The van der Waals surface area contributed by atoms with Crippen LogP contribution in [0.15, 0.2) is 18.2 Å². The van der Waals surface area contributed by atoms with Crippen LogP contribution in [0.5, 0.6) is 0 Å². The lowest BCUT2D eigenvalue weighted by Gasteiger charge is -2.38. The van der Waals surface area contributed by atoms with Crippen molar-refractivity contribution in [3.63, 3.8) is 0 Å². The van der Waals surface area contributed by atoms with E-state index in [-0.39, 0.29) is 12.3 Å². The van der Waals surface area contributed by atoms with Gasteiger partial charge in [-0.2, -0.15) is 0 Å². The number of carboxylic acid groups (broad SMARTS) is 1. The lowest BCUT2D eigenvalue weighted by molar-refractivity contribution is -0.139. The summed E-state index contributed by atoms with van der Waals surface area (Å²) in [5.74, 6) is -0.458. The Bertz CT molecular complexity index is 431. The monoisotopic (exact) mass is 273 g/mol. The number of rotatable bonds is 4. The lowest BCUT2D eigenvalue weighted by atomic mass is 9.96. The fourth-order valence-electron chi connectivity index (χ4n) is 2.09. The van der Waals surface area contributed by atoms with Crippen molar-refractivity contribution < 1.29 is 9.90 Å². The maximum atomic E-state index is 10.5. The van der Waals surface area contributed by atoms with Crippen LogP contribution in [0.2, 0.25) is 10.0 Å². The summed E-state index contributed by atoms with van der Waals surface area (Å²) in [5, 5.41) is 10.0. The minimum atomic E-state index is -0.726. The van der Waals surface area contributed by atoms with Crippen LogP contribution in [-0.4, -0.2) is 29.1 Å². The molecule has 0 atom stereocenters. The highest BCUT2D eigenvalue weighted by Crippen LogP contribution is 2.26. The Balaban J connectivity index is 1.87. The molecule has 1 fully saturated rings. The number of aliphatic carboxylic acids is 1. The van der Waals surface area contributed by atoms with Crippen LogP contribution in [0, 0.1) is 5.92 Å². The molecule has 1 aromatic rings. The molecule has 1 aliphatic rings. The fourth-order valence-corrected chi connectivity index (χ4v) is 2.46. The van der Waals surface area contributed by atoms with Gasteiger partial charge in [-0.15, -0.1) is 0 Å². The molecule has 2 rings (SSSR count). The number of hydrogen-bond acceptors (Lipinski definition) is 2. The smallest absolute Gasteiger partial charge is 0.303 e. The Labute approximate surface area is 110 Å². The Morgan fingerprint density at radius 2 is 2.12 bits per heavy atom. The van der Waals surface area contributed by atoms with E-state index in [2.05, 4.69) is 4.90 Å². The molecule has 1 heterocycles. The largest absolute Gasteiger partial charge is 0.481 e. The van der Waals surface area contributed by atoms with E-state index in [9.17, 15) is 4.79 Å². The van der Waals surface area contributed by atoms with E-state index < -0.39 is 5.97 Å². The van der Waals surface area contributed by atoms with Gasteiger partial charge in [0.1, 0.15) is 0 Å². The first kappa shape index (κ1) is 12.7. The molecule has 0 spiro atoms. The standard InChI is InChI=1S/C12H13Cl2NO2/c13-10-1-2-11(14)9(4-10)7-15-5-8(6-15)3-12(16)17/h1-2,4,8H,3,5-7H2,(H,16,17). The van der Waals surface area contributed by atoms with Gasteiger partial charge in [-0.25, -0.2) is 0 Å². The van der Waals surface area contributed by atoms with Crippen LogP contribution in [0.3, 0.4) is 0 Å². The zero-order valence-electron chi connectivity index (χ0n) is 9.20. The van der Waals surface area contributed by atoms with Gasteiger partial charge in [0, 0.05) is 29.7 Å². The van der Waals surface area contributed by atoms with Crippen molar-refractivity contribution in [1.82, 2.24) is 4.90 Å². The minimum absolute atomic E-state index is 0.250. The van der Waals surface area contributed by atoms with E-state index in [4.69, 9.17) is 28.3 Å². The van der Waals surface area contributed by atoms with Crippen molar-refractivity contribution in [1.29, 1.82) is 0 Å². The fraction of sp³-hybridized carbons (Fsp3) is 0.417. The Hall–Kier alpha value is -0.770. The second kappa shape index (κ2) is 5.25. The Morgan fingerprint density at radius 3 is 2.76 bits per heavy atom. The van der Waals surface area contributed by atoms with Crippen LogP contribution in [0.1, 0.15) is 12.0 Å². The predicted octanol–water partition coefficient (Wildman–Crippen LogP) is 2.90. The van der Waals surface area contributed by atoms with Crippen molar-refractivity contribution in [2.75, 3.05) is 13.1 Å². The van der Waals surface area contributed by atoms with Gasteiger partial charge >= 0.3 is 5.97 Å². The number of nitrogens with zero attached hydrogens (tertiary/aromatic N) is 1. The normalized spacial score (nSPS) is 16.8. The third kappa shape index (κ3) is 3.35. The third-order valence-corrected chi connectivity index (χ3v) is 3.50. The molecule has 1 aliphatic heterocycles. The molecule has 92 valence electrons. The number of likely N-dealkylation sites (tertiary alicyclic amines) is 1. The van der Waals surface area contributed by atoms with Crippen molar-refractivity contribution >= 4 is 29.2 Å². The minimum Gasteiger partial charge on any atom is -0.481 e. The van der Waals surface area contributed by atoms with E-state index >= 15 is 0 Å². The van der Waals surface area contributed by atoms with Gasteiger partial charge in [-0.3, -0.25) is 9.69 Å². The third-order valence-electron chi connectivity index (χ3n) is 2.90. The highest BCUT2D eigenvalue weighted by atomic mass is 35.5. The molecule has 0 unspecified atom stereocenters. The van der Waals surface area contributed by atoms with Gasteiger partial charge < -0.3 is 5.11 Å². The van der Waals surface area contributed by atoms with E-state index in [0.717, 1.165) is 25.2 Å². The van der Waals surface area contributed by atoms with E-state index in [0.29, 0.717) is 10.0 Å². The molecule has 0 aliphatic carbocycles.